The van der Waals surface area contributed by atoms with E-state index in [2.05, 4.69) is 10.0 Å². The van der Waals surface area contributed by atoms with Gasteiger partial charge in [0.05, 0.1) is 20.6 Å². The van der Waals surface area contributed by atoms with Gasteiger partial charge in [-0.15, -0.1) is 0 Å². The number of benzene rings is 2. The summed E-state index contributed by atoms with van der Waals surface area (Å²) in [6, 6.07) is 10.3. The van der Waals surface area contributed by atoms with Gasteiger partial charge in [-0.2, -0.15) is 0 Å². The molecule has 0 aliphatic rings. The lowest BCUT2D eigenvalue weighted by molar-refractivity contribution is 0.0953. The number of nitrogens with one attached hydrogen (secondary N) is 2. The van der Waals surface area contributed by atoms with Gasteiger partial charge >= 0.3 is 0 Å². The lowest BCUT2D eigenvalue weighted by atomic mass is 10.2. The maximum Gasteiger partial charge on any atom is 0.261 e. The fourth-order valence-electron chi connectivity index (χ4n) is 1.91. The van der Waals surface area contributed by atoms with Crippen LogP contribution in [-0.4, -0.2) is 20.9 Å². The first kappa shape index (κ1) is 18.6. The van der Waals surface area contributed by atoms with E-state index in [1.165, 1.54) is 30.3 Å². The molecule has 0 bridgehead atoms. The molecule has 5 nitrogen and oxygen atoms in total. The number of halogens is 2. The van der Waals surface area contributed by atoms with Crippen LogP contribution in [0, 0.1) is 0 Å². The number of hydrogen-bond donors (Lipinski definition) is 2. The Balaban J connectivity index is 2.21. The average molecular weight is 387 g/mol. The van der Waals surface area contributed by atoms with Gasteiger partial charge in [0.15, 0.2) is 0 Å². The fourth-order valence-corrected chi connectivity index (χ4v) is 3.39. The van der Waals surface area contributed by atoms with Crippen molar-refractivity contribution in [3.63, 3.8) is 0 Å². The van der Waals surface area contributed by atoms with E-state index in [0.29, 0.717) is 12.1 Å². The van der Waals surface area contributed by atoms with E-state index < -0.39 is 10.0 Å². The first-order chi connectivity index (χ1) is 11.3. The Morgan fingerprint density at radius 3 is 2.38 bits per heavy atom. The van der Waals surface area contributed by atoms with Crippen LogP contribution >= 0.6 is 23.2 Å². The number of carbonyl (C=O) groups is 1. The average Bonchev–Trinajstić information content (AvgIpc) is 2.57. The molecule has 0 saturated carbocycles. The van der Waals surface area contributed by atoms with Crippen LogP contribution < -0.4 is 10.0 Å². The highest BCUT2D eigenvalue weighted by atomic mass is 35.5. The largest absolute Gasteiger partial charge is 0.352 e. The Morgan fingerprint density at radius 2 is 1.75 bits per heavy atom. The van der Waals surface area contributed by atoms with Gasteiger partial charge in [-0.3, -0.25) is 9.52 Å². The van der Waals surface area contributed by atoms with Crippen molar-refractivity contribution in [2.24, 2.45) is 0 Å². The van der Waals surface area contributed by atoms with Gasteiger partial charge in [0.2, 0.25) is 0 Å². The Labute approximate surface area is 151 Å². The topological polar surface area (TPSA) is 75.3 Å². The molecule has 0 fully saturated rings. The zero-order valence-electron chi connectivity index (χ0n) is 12.8. The van der Waals surface area contributed by atoms with Crippen molar-refractivity contribution in [1.82, 2.24) is 5.32 Å². The van der Waals surface area contributed by atoms with Gasteiger partial charge in [0.1, 0.15) is 0 Å². The lowest BCUT2D eigenvalue weighted by Gasteiger charge is -2.11. The molecule has 128 valence electrons. The molecule has 24 heavy (non-hydrogen) atoms. The molecule has 0 aliphatic carbocycles. The molecule has 0 unspecified atom stereocenters. The van der Waals surface area contributed by atoms with Gasteiger partial charge in [-0.1, -0.05) is 36.2 Å². The standard InChI is InChI=1S/C16H16Cl2N2O3S/c1-2-10-19-16(21)11-6-8-12(9-7-11)24(22,23)20-14-5-3-4-13(17)15(14)18/h3-9,20H,2,10H2,1H3,(H,19,21). The second-order valence-electron chi connectivity index (χ2n) is 4.99. The summed E-state index contributed by atoms with van der Waals surface area (Å²) in [6.07, 6.45) is 0.822. The van der Waals surface area contributed by atoms with Crippen LogP contribution in [0.2, 0.25) is 10.0 Å². The van der Waals surface area contributed by atoms with Gasteiger partial charge in [0.25, 0.3) is 15.9 Å². The molecule has 0 heterocycles. The SMILES string of the molecule is CCCNC(=O)c1ccc(S(=O)(=O)Nc2cccc(Cl)c2Cl)cc1. The van der Waals surface area contributed by atoms with Crippen molar-refractivity contribution < 1.29 is 13.2 Å². The van der Waals surface area contributed by atoms with E-state index in [-0.39, 0.29) is 26.5 Å². The van der Waals surface area contributed by atoms with E-state index in [4.69, 9.17) is 23.2 Å². The summed E-state index contributed by atoms with van der Waals surface area (Å²) < 4.78 is 27.2. The molecule has 2 aromatic rings. The summed E-state index contributed by atoms with van der Waals surface area (Å²) in [7, 11) is -3.84. The van der Waals surface area contributed by atoms with Gasteiger partial charge in [-0.25, -0.2) is 8.42 Å². The first-order valence-corrected chi connectivity index (χ1v) is 9.44. The minimum atomic E-state index is -3.84. The Hall–Kier alpha value is -1.76. The summed E-state index contributed by atoms with van der Waals surface area (Å²) in [5, 5.41) is 3.10. The molecule has 2 N–H and O–H groups in total. The second kappa shape index (κ2) is 7.88. The summed E-state index contributed by atoms with van der Waals surface area (Å²) >= 11 is 11.9. The molecule has 8 heteroatoms. The van der Waals surface area contributed by atoms with Crippen molar-refractivity contribution in [3.8, 4) is 0 Å². The van der Waals surface area contributed by atoms with E-state index >= 15 is 0 Å². The van der Waals surface area contributed by atoms with Crippen LogP contribution in [0.3, 0.4) is 0 Å². The minimum absolute atomic E-state index is 0.0191. The van der Waals surface area contributed by atoms with E-state index in [9.17, 15) is 13.2 Å². The molecule has 0 aliphatic heterocycles. The molecular weight excluding hydrogens is 371 g/mol. The summed E-state index contributed by atoms with van der Waals surface area (Å²) in [6.45, 7) is 2.51. The summed E-state index contributed by atoms with van der Waals surface area (Å²) in [5.41, 5.74) is 0.581. The van der Waals surface area contributed by atoms with Crippen LogP contribution in [0.25, 0.3) is 0 Å². The first-order valence-electron chi connectivity index (χ1n) is 7.20. The monoisotopic (exact) mass is 386 g/mol. The Morgan fingerprint density at radius 1 is 1.08 bits per heavy atom. The number of sulfonamides is 1. The van der Waals surface area contributed by atoms with Crippen LogP contribution in [0.15, 0.2) is 47.4 Å². The van der Waals surface area contributed by atoms with E-state index in [0.717, 1.165) is 6.42 Å². The second-order valence-corrected chi connectivity index (χ2v) is 7.45. The number of hydrogen-bond acceptors (Lipinski definition) is 3. The summed E-state index contributed by atoms with van der Waals surface area (Å²) in [4.78, 5) is 11.8. The lowest BCUT2D eigenvalue weighted by Crippen LogP contribution is -2.24. The van der Waals surface area contributed by atoms with Crippen molar-refractivity contribution in [1.29, 1.82) is 0 Å². The predicted molar refractivity (Wildman–Crippen MR) is 96.3 cm³/mol. The smallest absolute Gasteiger partial charge is 0.261 e. The maximum absolute atomic E-state index is 12.4. The predicted octanol–water partition coefficient (Wildman–Crippen LogP) is 3.93. The Kier molecular flexibility index (Phi) is 6.10. The normalized spacial score (nSPS) is 11.1. The van der Waals surface area contributed by atoms with Crippen molar-refractivity contribution in [3.05, 3.63) is 58.1 Å². The number of rotatable bonds is 6. The van der Waals surface area contributed by atoms with Crippen LogP contribution in [-0.2, 0) is 10.0 Å². The number of amides is 1. The van der Waals surface area contributed by atoms with Crippen molar-refractivity contribution in [2.75, 3.05) is 11.3 Å². The molecule has 0 atom stereocenters. The quantitative estimate of drug-likeness (QED) is 0.789. The molecule has 0 saturated heterocycles. The highest BCUT2D eigenvalue weighted by molar-refractivity contribution is 7.92. The van der Waals surface area contributed by atoms with Crippen LogP contribution in [0.1, 0.15) is 23.7 Å². The molecule has 0 spiro atoms. The highest BCUT2D eigenvalue weighted by Gasteiger charge is 2.17. The van der Waals surface area contributed by atoms with Crippen LogP contribution in [0.4, 0.5) is 5.69 Å². The summed E-state index contributed by atoms with van der Waals surface area (Å²) in [5.74, 6) is -0.244. The fraction of sp³-hybridized carbons (Fsp3) is 0.188. The number of carbonyl (C=O) groups excluding carboxylic acids is 1. The Bertz CT molecular complexity index is 837. The molecular formula is C16H16Cl2N2O3S. The third-order valence-corrected chi connectivity index (χ3v) is 5.36. The van der Waals surface area contributed by atoms with Crippen LogP contribution in [0.5, 0.6) is 0 Å². The molecule has 0 aromatic heterocycles. The van der Waals surface area contributed by atoms with Gasteiger partial charge in [0, 0.05) is 12.1 Å². The maximum atomic E-state index is 12.4. The van der Waals surface area contributed by atoms with Gasteiger partial charge < -0.3 is 5.32 Å². The molecule has 1 amide bonds. The molecule has 0 radical (unpaired) electrons. The molecule has 2 rings (SSSR count). The minimum Gasteiger partial charge on any atom is -0.352 e. The molecule has 2 aromatic carbocycles. The van der Waals surface area contributed by atoms with E-state index in [1.54, 1.807) is 12.1 Å². The third kappa shape index (κ3) is 4.41. The van der Waals surface area contributed by atoms with Crippen molar-refractivity contribution in [2.45, 2.75) is 18.2 Å². The zero-order chi connectivity index (χ0) is 17.7. The zero-order valence-corrected chi connectivity index (χ0v) is 15.2. The number of anilines is 1. The van der Waals surface area contributed by atoms with E-state index in [1.807, 2.05) is 6.92 Å². The van der Waals surface area contributed by atoms with Crippen molar-refractivity contribution >= 4 is 44.8 Å². The third-order valence-electron chi connectivity index (χ3n) is 3.16. The van der Waals surface area contributed by atoms with Gasteiger partial charge in [-0.05, 0) is 42.8 Å². The highest BCUT2D eigenvalue weighted by Crippen LogP contribution is 2.31.